The molecule has 0 bridgehead atoms. The van der Waals surface area contributed by atoms with Crippen LogP contribution in [-0.4, -0.2) is 4.98 Å². The highest BCUT2D eigenvalue weighted by atomic mass is 127. The highest BCUT2D eigenvalue weighted by molar-refractivity contribution is 14.1. The maximum Gasteiger partial charge on any atom is 0.265 e. The summed E-state index contributed by atoms with van der Waals surface area (Å²) in [6.07, 6.45) is 6.13. The summed E-state index contributed by atoms with van der Waals surface area (Å²) in [5.74, 6) is 0. The molecule has 0 aromatic carbocycles. The van der Waals surface area contributed by atoms with E-state index in [0.717, 1.165) is 15.9 Å². The Balaban J connectivity index is 2.32. The fourth-order valence-electron chi connectivity index (χ4n) is 1.18. The van der Waals surface area contributed by atoms with E-state index in [0.29, 0.717) is 4.80 Å². The van der Waals surface area contributed by atoms with E-state index in [2.05, 4.69) is 50.4 Å². The smallest absolute Gasteiger partial charge is 0.265 e. The Hall–Kier alpha value is 0.420. The Kier molecular flexibility index (Phi) is 5.31. The second-order valence-corrected chi connectivity index (χ2v) is 4.66. The lowest BCUT2D eigenvalue weighted by Crippen LogP contribution is -1.88. The molecular formula is C9H13BrINO. The third-order valence-corrected chi connectivity index (χ3v) is 3.07. The molecule has 0 atom stereocenters. The van der Waals surface area contributed by atoms with Gasteiger partial charge in [0.25, 0.3) is 4.80 Å². The minimum absolute atomic E-state index is 0.599. The van der Waals surface area contributed by atoms with Crippen molar-refractivity contribution in [3.05, 3.63) is 14.3 Å². The summed E-state index contributed by atoms with van der Waals surface area (Å²) in [7, 11) is 0. The molecule has 0 amide bonds. The van der Waals surface area contributed by atoms with E-state index in [4.69, 9.17) is 4.42 Å². The predicted molar refractivity (Wildman–Crippen MR) is 64.8 cm³/mol. The van der Waals surface area contributed by atoms with Crippen molar-refractivity contribution >= 4 is 38.5 Å². The van der Waals surface area contributed by atoms with Crippen LogP contribution in [0.2, 0.25) is 0 Å². The molecule has 1 aromatic heterocycles. The zero-order valence-corrected chi connectivity index (χ0v) is 11.4. The first-order chi connectivity index (χ1) is 6.24. The quantitative estimate of drug-likeness (QED) is 0.584. The van der Waals surface area contributed by atoms with Gasteiger partial charge < -0.3 is 4.42 Å². The topological polar surface area (TPSA) is 26.0 Å². The maximum absolute atomic E-state index is 5.26. The van der Waals surface area contributed by atoms with Crippen LogP contribution in [0.3, 0.4) is 0 Å². The van der Waals surface area contributed by atoms with Gasteiger partial charge in [0.1, 0.15) is 0 Å². The highest BCUT2D eigenvalue weighted by Gasteiger charge is 2.07. The van der Waals surface area contributed by atoms with Gasteiger partial charge in [-0.1, -0.05) is 26.2 Å². The van der Waals surface area contributed by atoms with Gasteiger partial charge in [-0.2, -0.15) is 0 Å². The number of rotatable bonds is 5. The van der Waals surface area contributed by atoms with Crippen LogP contribution in [0.4, 0.5) is 0 Å². The van der Waals surface area contributed by atoms with Gasteiger partial charge in [0, 0.05) is 38.5 Å². The third-order valence-electron chi connectivity index (χ3n) is 1.89. The summed E-state index contributed by atoms with van der Waals surface area (Å²) in [6, 6.07) is 0. The van der Waals surface area contributed by atoms with Gasteiger partial charge in [-0.25, -0.2) is 4.98 Å². The zero-order valence-electron chi connectivity index (χ0n) is 7.65. The first kappa shape index (κ1) is 11.5. The molecule has 2 nitrogen and oxygen atoms in total. The molecule has 1 heterocycles. The van der Waals surface area contributed by atoms with Crippen molar-refractivity contribution < 1.29 is 4.42 Å². The van der Waals surface area contributed by atoms with Gasteiger partial charge in [-0.05, 0) is 12.8 Å². The van der Waals surface area contributed by atoms with E-state index < -0.39 is 0 Å². The third kappa shape index (κ3) is 3.97. The molecule has 0 saturated heterocycles. The Bertz CT molecular complexity index is 262. The van der Waals surface area contributed by atoms with Crippen molar-refractivity contribution in [1.29, 1.82) is 0 Å². The van der Waals surface area contributed by atoms with Crippen LogP contribution >= 0.6 is 38.5 Å². The predicted octanol–water partition coefficient (Wildman–Crippen LogP) is 4.16. The molecule has 0 aliphatic rings. The van der Waals surface area contributed by atoms with Crippen molar-refractivity contribution in [3.8, 4) is 0 Å². The number of oxazole rings is 1. The van der Waals surface area contributed by atoms with E-state index in [9.17, 15) is 0 Å². The second-order valence-electron chi connectivity index (χ2n) is 3.00. The molecular weight excluding hydrogens is 345 g/mol. The molecule has 1 rings (SSSR count). The van der Waals surface area contributed by atoms with Gasteiger partial charge in [0.2, 0.25) is 0 Å². The first-order valence-electron chi connectivity index (χ1n) is 4.54. The number of aromatic nitrogens is 1. The van der Waals surface area contributed by atoms with E-state index in [1.807, 2.05) is 0 Å². The molecule has 0 unspecified atom stereocenters. The van der Waals surface area contributed by atoms with E-state index in [-0.39, 0.29) is 0 Å². The largest absolute Gasteiger partial charge is 0.425 e. The number of halogens is 2. The van der Waals surface area contributed by atoms with Crippen LogP contribution in [0, 0.1) is 3.77 Å². The summed E-state index contributed by atoms with van der Waals surface area (Å²) in [6.45, 7) is 2.22. The van der Waals surface area contributed by atoms with Crippen LogP contribution in [0.1, 0.15) is 38.3 Å². The minimum Gasteiger partial charge on any atom is -0.425 e. The summed E-state index contributed by atoms with van der Waals surface area (Å²) in [4.78, 5) is 4.85. The fourth-order valence-corrected chi connectivity index (χ4v) is 2.46. The summed E-state index contributed by atoms with van der Waals surface area (Å²) >= 11 is 5.41. The fraction of sp³-hybridized carbons (Fsp3) is 0.667. The average Bonchev–Trinajstić information content (AvgIpc) is 2.39. The molecule has 74 valence electrons. The summed E-state index contributed by atoms with van der Waals surface area (Å²) < 4.78 is 6.18. The number of hydrogen-bond acceptors (Lipinski definition) is 2. The molecule has 1 aromatic rings. The number of aryl methyl sites for hydroxylation is 1. The molecule has 0 fully saturated rings. The van der Waals surface area contributed by atoms with E-state index in [1.54, 1.807) is 0 Å². The lowest BCUT2D eigenvalue weighted by atomic mass is 10.1. The Morgan fingerprint density at radius 2 is 2.15 bits per heavy atom. The van der Waals surface area contributed by atoms with Crippen molar-refractivity contribution in [1.82, 2.24) is 4.98 Å². The van der Waals surface area contributed by atoms with Gasteiger partial charge in [0.05, 0.1) is 5.69 Å². The molecule has 0 aliphatic carbocycles. The minimum atomic E-state index is 0.599. The zero-order chi connectivity index (χ0) is 9.68. The monoisotopic (exact) mass is 357 g/mol. The lowest BCUT2D eigenvalue weighted by molar-refractivity contribution is 0.500. The van der Waals surface area contributed by atoms with Gasteiger partial charge in [0.15, 0.2) is 3.77 Å². The van der Waals surface area contributed by atoms with Crippen LogP contribution in [-0.2, 0) is 6.42 Å². The van der Waals surface area contributed by atoms with Crippen molar-refractivity contribution in [2.75, 3.05) is 0 Å². The Labute approximate surface area is 101 Å². The van der Waals surface area contributed by atoms with E-state index in [1.165, 1.54) is 25.7 Å². The Morgan fingerprint density at radius 3 is 2.69 bits per heavy atom. The second kappa shape index (κ2) is 6.01. The van der Waals surface area contributed by atoms with Crippen LogP contribution < -0.4 is 0 Å². The van der Waals surface area contributed by atoms with Crippen molar-refractivity contribution in [3.63, 3.8) is 0 Å². The SMILES string of the molecule is CCCCCCc1nc(Br)oc1I. The molecule has 0 saturated carbocycles. The van der Waals surface area contributed by atoms with Crippen LogP contribution in [0.15, 0.2) is 9.22 Å². The van der Waals surface area contributed by atoms with E-state index >= 15 is 0 Å². The lowest BCUT2D eigenvalue weighted by Gasteiger charge is -1.96. The average molecular weight is 358 g/mol. The molecule has 13 heavy (non-hydrogen) atoms. The molecule has 0 radical (unpaired) electrons. The normalized spacial score (nSPS) is 10.7. The Morgan fingerprint density at radius 1 is 1.38 bits per heavy atom. The molecule has 0 N–H and O–H groups in total. The summed E-state index contributed by atoms with van der Waals surface area (Å²) in [5.41, 5.74) is 1.09. The molecule has 4 heteroatoms. The van der Waals surface area contributed by atoms with Crippen LogP contribution in [0.25, 0.3) is 0 Å². The van der Waals surface area contributed by atoms with Crippen LogP contribution in [0.5, 0.6) is 0 Å². The van der Waals surface area contributed by atoms with Gasteiger partial charge in [-0.3, -0.25) is 0 Å². The maximum atomic E-state index is 5.26. The number of nitrogens with zero attached hydrogens (tertiary/aromatic N) is 1. The van der Waals surface area contributed by atoms with Crippen molar-refractivity contribution in [2.24, 2.45) is 0 Å². The summed E-state index contributed by atoms with van der Waals surface area (Å²) in [5, 5.41) is 0. The molecule has 0 spiro atoms. The first-order valence-corrected chi connectivity index (χ1v) is 6.42. The number of hydrogen-bond donors (Lipinski definition) is 0. The van der Waals surface area contributed by atoms with Crippen molar-refractivity contribution in [2.45, 2.75) is 39.0 Å². The number of unbranched alkanes of at least 4 members (excludes halogenated alkanes) is 3. The van der Waals surface area contributed by atoms with Gasteiger partial charge >= 0.3 is 0 Å². The standard InChI is InChI=1S/C9H13BrINO/c1-2-3-4-5-6-7-8(11)13-9(10)12-7/h2-6H2,1H3. The molecule has 0 aliphatic heterocycles. The van der Waals surface area contributed by atoms with Gasteiger partial charge in [-0.15, -0.1) is 0 Å². The highest BCUT2D eigenvalue weighted by Crippen LogP contribution is 2.19.